The first-order chi connectivity index (χ1) is 10.2. The van der Waals surface area contributed by atoms with E-state index in [9.17, 15) is 4.79 Å². The molecule has 0 unspecified atom stereocenters. The third-order valence-electron chi connectivity index (χ3n) is 2.94. The molecule has 21 heavy (non-hydrogen) atoms. The van der Waals surface area contributed by atoms with Crippen LogP contribution >= 0.6 is 0 Å². The lowest BCUT2D eigenvalue weighted by atomic mass is 10.2. The first-order valence-electron chi connectivity index (χ1n) is 6.61. The fraction of sp³-hybridized carbons (Fsp3) is 0.357. The maximum Gasteiger partial charge on any atom is 0.338 e. The summed E-state index contributed by atoms with van der Waals surface area (Å²) in [6, 6.07) is 6.93. The van der Waals surface area contributed by atoms with Gasteiger partial charge < -0.3 is 15.2 Å². The van der Waals surface area contributed by atoms with E-state index in [-0.39, 0.29) is 5.97 Å². The molecule has 2 N–H and O–H groups in total. The largest absolute Gasteiger partial charge is 0.462 e. The van der Waals surface area contributed by atoms with Crippen LogP contribution in [0.1, 0.15) is 28.7 Å². The standard InChI is InChI=1S/C14H18N4O3/c1-3-21-14(19)10-4-6-11(7-5-10)18-13(9-20-2)12(8-15)16-17-18/h4-7H,3,8-9,15H2,1-2H3. The molecular formula is C14H18N4O3. The number of rotatable bonds is 6. The Balaban J connectivity index is 2.30. The third kappa shape index (κ3) is 3.26. The molecule has 1 heterocycles. The van der Waals surface area contributed by atoms with Gasteiger partial charge in [-0.05, 0) is 31.2 Å². The zero-order valence-corrected chi connectivity index (χ0v) is 12.1. The van der Waals surface area contributed by atoms with Gasteiger partial charge in [0.15, 0.2) is 0 Å². The van der Waals surface area contributed by atoms with Crippen LogP contribution in [0.4, 0.5) is 0 Å². The highest BCUT2D eigenvalue weighted by atomic mass is 16.5. The molecule has 0 aliphatic carbocycles. The van der Waals surface area contributed by atoms with Crippen molar-refractivity contribution in [1.29, 1.82) is 0 Å². The molecule has 0 aliphatic rings. The number of hydrogen-bond donors (Lipinski definition) is 1. The van der Waals surface area contributed by atoms with Crippen molar-refractivity contribution in [1.82, 2.24) is 15.0 Å². The highest BCUT2D eigenvalue weighted by molar-refractivity contribution is 5.89. The Kier molecular flexibility index (Phi) is 5.02. The van der Waals surface area contributed by atoms with Gasteiger partial charge in [0.25, 0.3) is 0 Å². The summed E-state index contributed by atoms with van der Waals surface area (Å²) >= 11 is 0. The molecule has 0 spiro atoms. The number of esters is 1. The van der Waals surface area contributed by atoms with Crippen LogP contribution in [0.15, 0.2) is 24.3 Å². The molecule has 0 atom stereocenters. The predicted molar refractivity (Wildman–Crippen MR) is 75.9 cm³/mol. The summed E-state index contributed by atoms with van der Waals surface area (Å²) in [7, 11) is 1.60. The van der Waals surface area contributed by atoms with E-state index in [4.69, 9.17) is 15.2 Å². The van der Waals surface area contributed by atoms with Gasteiger partial charge in [0, 0.05) is 13.7 Å². The summed E-state index contributed by atoms with van der Waals surface area (Å²) in [6.07, 6.45) is 0. The second-order valence-electron chi connectivity index (χ2n) is 4.30. The van der Waals surface area contributed by atoms with Crippen LogP contribution in [0, 0.1) is 0 Å². The summed E-state index contributed by atoms with van der Waals surface area (Å²) in [6.45, 7) is 2.77. The number of carbonyl (C=O) groups is 1. The third-order valence-corrected chi connectivity index (χ3v) is 2.94. The van der Waals surface area contributed by atoms with E-state index in [0.717, 1.165) is 11.4 Å². The van der Waals surface area contributed by atoms with Gasteiger partial charge in [0.2, 0.25) is 0 Å². The lowest BCUT2D eigenvalue weighted by Gasteiger charge is -2.07. The minimum atomic E-state index is -0.345. The van der Waals surface area contributed by atoms with Gasteiger partial charge in [-0.15, -0.1) is 5.10 Å². The maximum absolute atomic E-state index is 11.6. The summed E-state index contributed by atoms with van der Waals surface area (Å²) in [5.41, 5.74) is 8.39. The normalized spacial score (nSPS) is 10.6. The molecule has 0 amide bonds. The molecule has 0 bridgehead atoms. The van der Waals surface area contributed by atoms with Crippen LogP contribution in [-0.2, 0) is 22.6 Å². The average molecular weight is 290 g/mol. The Labute approximate surface area is 122 Å². The molecule has 0 saturated heterocycles. The van der Waals surface area contributed by atoms with Gasteiger partial charge in [-0.3, -0.25) is 0 Å². The van der Waals surface area contributed by atoms with E-state index in [1.54, 1.807) is 43.0 Å². The minimum absolute atomic E-state index is 0.291. The number of methoxy groups -OCH3 is 1. The van der Waals surface area contributed by atoms with Crippen LogP contribution in [0.25, 0.3) is 5.69 Å². The van der Waals surface area contributed by atoms with Crippen molar-refractivity contribution < 1.29 is 14.3 Å². The molecule has 0 radical (unpaired) electrons. The molecular weight excluding hydrogens is 272 g/mol. The van der Waals surface area contributed by atoms with Crippen molar-refractivity contribution >= 4 is 5.97 Å². The van der Waals surface area contributed by atoms with E-state index in [1.165, 1.54) is 0 Å². The lowest BCUT2D eigenvalue weighted by molar-refractivity contribution is 0.0526. The van der Waals surface area contributed by atoms with Crippen molar-refractivity contribution in [2.24, 2.45) is 5.73 Å². The van der Waals surface area contributed by atoms with Crippen LogP contribution in [0.5, 0.6) is 0 Å². The number of benzene rings is 1. The van der Waals surface area contributed by atoms with Crippen LogP contribution in [-0.4, -0.2) is 34.7 Å². The molecule has 2 rings (SSSR count). The first-order valence-corrected chi connectivity index (χ1v) is 6.61. The highest BCUT2D eigenvalue weighted by Gasteiger charge is 2.13. The van der Waals surface area contributed by atoms with Gasteiger partial charge in [-0.2, -0.15) is 0 Å². The van der Waals surface area contributed by atoms with Gasteiger partial charge in [0.1, 0.15) is 5.69 Å². The number of hydrogen-bond acceptors (Lipinski definition) is 6. The quantitative estimate of drug-likeness (QED) is 0.799. The Morgan fingerprint density at radius 1 is 1.33 bits per heavy atom. The molecule has 7 heteroatoms. The van der Waals surface area contributed by atoms with Crippen molar-refractivity contribution in [3.8, 4) is 5.69 Å². The SMILES string of the molecule is CCOC(=O)c1ccc(-n2nnc(CN)c2COC)cc1. The summed E-state index contributed by atoms with van der Waals surface area (Å²) in [4.78, 5) is 11.6. The monoisotopic (exact) mass is 290 g/mol. The smallest absolute Gasteiger partial charge is 0.338 e. The molecule has 0 aliphatic heterocycles. The Morgan fingerprint density at radius 3 is 2.62 bits per heavy atom. The van der Waals surface area contributed by atoms with Crippen molar-refractivity contribution in [2.45, 2.75) is 20.1 Å². The predicted octanol–water partition coefficient (Wildman–Crippen LogP) is 1.05. The van der Waals surface area contributed by atoms with Gasteiger partial charge in [0.05, 0.1) is 30.2 Å². The van der Waals surface area contributed by atoms with Crippen LogP contribution in [0.2, 0.25) is 0 Å². The van der Waals surface area contributed by atoms with E-state index in [1.807, 2.05) is 0 Å². The average Bonchev–Trinajstić information content (AvgIpc) is 2.91. The van der Waals surface area contributed by atoms with Crippen LogP contribution < -0.4 is 5.73 Å². The Morgan fingerprint density at radius 2 is 2.05 bits per heavy atom. The Bertz CT molecular complexity index is 607. The number of carbonyl (C=O) groups excluding carboxylic acids is 1. The second kappa shape index (κ2) is 6.96. The van der Waals surface area contributed by atoms with Crippen molar-refractivity contribution in [3.05, 3.63) is 41.2 Å². The minimum Gasteiger partial charge on any atom is -0.462 e. The molecule has 0 saturated carbocycles. The van der Waals surface area contributed by atoms with Crippen molar-refractivity contribution in [3.63, 3.8) is 0 Å². The van der Waals surface area contributed by atoms with Gasteiger partial charge in [-0.25, -0.2) is 9.48 Å². The van der Waals surface area contributed by atoms with Gasteiger partial charge >= 0.3 is 5.97 Å². The molecule has 112 valence electrons. The zero-order valence-electron chi connectivity index (χ0n) is 12.1. The first kappa shape index (κ1) is 15.1. The summed E-state index contributed by atoms with van der Waals surface area (Å²) in [5.74, 6) is -0.345. The van der Waals surface area contributed by atoms with Crippen LogP contribution in [0.3, 0.4) is 0 Å². The Hall–Kier alpha value is -2.25. The maximum atomic E-state index is 11.6. The highest BCUT2D eigenvalue weighted by Crippen LogP contribution is 2.15. The number of ether oxygens (including phenoxy) is 2. The molecule has 1 aromatic heterocycles. The fourth-order valence-electron chi connectivity index (χ4n) is 1.93. The van der Waals surface area contributed by atoms with E-state index >= 15 is 0 Å². The summed E-state index contributed by atoms with van der Waals surface area (Å²) < 4.78 is 11.8. The molecule has 0 fully saturated rings. The van der Waals surface area contributed by atoms with E-state index < -0.39 is 0 Å². The number of aromatic nitrogens is 3. The molecule has 2 aromatic rings. The second-order valence-corrected chi connectivity index (χ2v) is 4.30. The van der Waals surface area contributed by atoms with E-state index in [2.05, 4.69) is 10.3 Å². The zero-order chi connectivity index (χ0) is 15.2. The number of nitrogens with two attached hydrogens (primary N) is 1. The van der Waals surface area contributed by atoms with Crippen molar-refractivity contribution in [2.75, 3.05) is 13.7 Å². The summed E-state index contributed by atoms with van der Waals surface area (Å²) in [5, 5.41) is 8.11. The van der Waals surface area contributed by atoms with Gasteiger partial charge in [-0.1, -0.05) is 5.21 Å². The number of nitrogens with zero attached hydrogens (tertiary/aromatic N) is 3. The molecule has 1 aromatic carbocycles. The van der Waals surface area contributed by atoms with E-state index in [0.29, 0.717) is 31.0 Å². The lowest BCUT2D eigenvalue weighted by Crippen LogP contribution is -2.08. The molecule has 7 nitrogen and oxygen atoms in total. The topological polar surface area (TPSA) is 92.3 Å². The fourth-order valence-corrected chi connectivity index (χ4v) is 1.93.